The van der Waals surface area contributed by atoms with E-state index in [9.17, 15) is 0 Å². The van der Waals surface area contributed by atoms with Gasteiger partial charge < -0.3 is 5.73 Å². The Morgan fingerprint density at radius 3 is 2.72 bits per heavy atom. The minimum absolute atomic E-state index is 0.346. The zero-order valence-corrected chi connectivity index (χ0v) is 11.8. The molecule has 1 fully saturated rings. The number of hydrogen-bond acceptors (Lipinski definition) is 2. The molecule has 0 spiro atoms. The quantitative estimate of drug-likeness (QED) is 0.844. The molecule has 2 atom stereocenters. The highest BCUT2D eigenvalue weighted by molar-refractivity contribution is 7.80. The van der Waals surface area contributed by atoms with Crippen LogP contribution in [0.15, 0.2) is 30.3 Å². The number of hydrogen-bond donors (Lipinski definition) is 1. The number of benzene rings is 1. The van der Waals surface area contributed by atoms with Crippen LogP contribution in [0, 0.1) is 0 Å². The summed E-state index contributed by atoms with van der Waals surface area (Å²) in [4.78, 5) is 3.18. The summed E-state index contributed by atoms with van der Waals surface area (Å²) in [6, 6.07) is 11.6. The zero-order chi connectivity index (χ0) is 13.0. The number of nitrogens with two attached hydrogens (primary N) is 1. The Morgan fingerprint density at radius 2 is 2.11 bits per heavy atom. The molecule has 0 saturated carbocycles. The summed E-state index contributed by atoms with van der Waals surface area (Å²) in [6.07, 6.45) is 4.68. The van der Waals surface area contributed by atoms with Crippen molar-refractivity contribution in [1.29, 1.82) is 0 Å². The van der Waals surface area contributed by atoms with Crippen LogP contribution in [0.3, 0.4) is 0 Å². The topological polar surface area (TPSA) is 29.3 Å². The third-order valence-electron chi connectivity index (χ3n) is 3.83. The Hall–Kier alpha value is -0.930. The van der Waals surface area contributed by atoms with Crippen molar-refractivity contribution >= 4 is 17.2 Å². The Bertz CT molecular complexity index is 391. The average Bonchev–Trinajstić information content (AvgIpc) is 2.38. The summed E-state index contributed by atoms with van der Waals surface area (Å²) in [5, 5.41) is 0. The van der Waals surface area contributed by atoms with Crippen LogP contribution in [0.1, 0.15) is 44.2 Å². The van der Waals surface area contributed by atoms with Gasteiger partial charge >= 0.3 is 0 Å². The van der Waals surface area contributed by atoms with Gasteiger partial charge in [0.1, 0.15) is 0 Å². The molecule has 0 radical (unpaired) electrons. The zero-order valence-electron chi connectivity index (χ0n) is 11.0. The fourth-order valence-corrected chi connectivity index (χ4v) is 3.03. The lowest BCUT2D eigenvalue weighted by Gasteiger charge is -2.40. The maximum absolute atomic E-state index is 5.79. The molecule has 0 aliphatic carbocycles. The molecule has 2 N–H and O–H groups in total. The van der Waals surface area contributed by atoms with Crippen molar-refractivity contribution in [2.24, 2.45) is 5.73 Å². The highest BCUT2D eigenvalue weighted by Crippen LogP contribution is 2.30. The van der Waals surface area contributed by atoms with Gasteiger partial charge in [0.2, 0.25) is 0 Å². The number of nitrogens with zero attached hydrogens (tertiary/aromatic N) is 1. The van der Waals surface area contributed by atoms with Gasteiger partial charge in [-0.15, -0.1) is 0 Å². The van der Waals surface area contributed by atoms with E-state index in [0.717, 1.165) is 13.0 Å². The monoisotopic (exact) mass is 262 g/mol. The first kappa shape index (κ1) is 13.5. The Kier molecular flexibility index (Phi) is 4.72. The lowest BCUT2D eigenvalue weighted by Crippen LogP contribution is -2.41. The van der Waals surface area contributed by atoms with E-state index in [2.05, 4.69) is 42.2 Å². The summed E-state index contributed by atoms with van der Waals surface area (Å²) in [7, 11) is 0. The second-order valence-electron chi connectivity index (χ2n) is 5.18. The van der Waals surface area contributed by atoms with E-state index < -0.39 is 0 Å². The van der Waals surface area contributed by atoms with Crippen LogP contribution in [0.5, 0.6) is 0 Å². The lowest BCUT2D eigenvalue weighted by atomic mass is 9.95. The third-order valence-corrected chi connectivity index (χ3v) is 4.00. The van der Waals surface area contributed by atoms with Crippen LogP contribution in [0.2, 0.25) is 0 Å². The van der Waals surface area contributed by atoms with E-state index in [-0.39, 0.29) is 0 Å². The molecule has 2 rings (SSSR count). The fourth-order valence-electron chi connectivity index (χ4n) is 2.88. The average molecular weight is 262 g/mol. The molecule has 1 aliphatic rings. The van der Waals surface area contributed by atoms with E-state index in [0.29, 0.717) is 17.1 Å². The fraction of sp³-hybridized carbons (Fsp3) is 0.533. The molecule has 1 aromatic carbocycles. The smallest absolute Gasteiger partial charge is 0.0746 e. The van der Waals surface area contributed by atoms with Gasteiger partial charge in [-0.3, -0.25) is 4.90 Å². The van der Waals surface area contributed by atoms with Gasteiger partial charge in [-0.2, -0.15) is 0 Å². The first-order valence-corrected chi connectivity index (χ1v) is 7.18. The summed E-state index contributed by atoms with van der Waals surface area (Å²) >= 11 is 5.13. The molecule has 3 heteroatoms. The highest BCUT2D eigenvalue weighted by Gasteiger charge is 2.27. The van der Waals surface area contributed by atoms with E-state index in [4.69, 9.17) is 18.0 Å². The summed E-state index contributed by atoms with van der Waals surface area (Å²) < 4.78 is 0. The van der Waals surface area contributed by atoms with E-state index in [1.54, 1.807) is 0 Å². The molecule has 1 heterocycles. The maximum Gasteiger partial charge on any atom is 0.0746 e. The minimum Gasteiger partial charge on any atom is -0.393 e. The van der Waals surface area contributed by atoms with Gasteiger partial charge in [-0.1, -0.05) is 49.0 Å². The first-order valence-electron chi connectivity index (χ1n) is 6.77. The van der Waals surface area contributed by atoms with Gasteiger partial charge in [0.05, 0.1) is 4.99 Å². The van der Waals surface area contributed by atoms with Crippen LogP contribution < -0.4 is 5.73 Å². The van der Waals surface area contributed by atoms with Crippen molar-refractivity contribution in [3.8, 4) is 0 Å². The molecule has 2 nitrogen and oxygen atoms in total. The molecule has 1 aliphatic heterocycles. The van der Waals surface area contributed by atoms with Crippen molar-refractivity contribution in [2.45, 2.75) is 44.7 Å². The van der Waals surface area contributed by atoms with Gasteiger partial charge in [0, 0.05) is 18.5 Å². The molecule has 0 aromatic heterocycles. The predicted octanol–water partition coefficient (Wildman–Crippen LogP) is 3.28. The molecule has 2 unspecified atom stereocenters. The van der Waals surface area contributed by atoms with Crippen molar-refractivity contribution < 1.29 is 0 Å². The van der Waals surface area contributed by atoms with Gasteiger partial charge in [0.25, 0.3) is 0 Å². The second kappa shape index (κ2) is 6.30. The summed E-state index contributed by atoms with van der Waals surface area (Å²) in [6.45, 7) is 3.47. The normalized spacial score (nSPS) is 22.6. The number of piperidine rings is 1. The van der Waals surface area contributed by atoms with Crippen molar-refractivity contribution in [3.05, 3.63) is 35.9 Å². The molecule has 1 aromatic rings. The largest absolute Gasteiger partial charge is 0.393 e. The Morgan fingerprint density at radius 1 is 1.39 bits per heavy atom. The van der Waals surface area contributed by atoms with E-state index in [1.165, 1.54) is 24.8 Å². The van der Waals surface area contributed by atoms with Crippen LogP contribution in [-0.2, 0) is 0 Å². The van der Waals surface area contributed by atoms with E-state index >= 15 is 0 Å². The maximum atomic E-state index is 5.79. The molecular weight excluding hydrogens is 240 g/mol. The highest BCUT2D eigenvalue weighted by atomic mass is 32.1. The van der Waals surface area contributed by atoms with Gasteiger partial charge in [0.15, 0.2) is 0 Å². The standard InChI is InChI=1S/C15H22N2S/c1-12-7-5-6-10-17(12)14(11-15(16)18)13-8-3-2-4-9-13/h2-4,8-9,12,14H,5-7,10-11H2,1H3,(H2,16,18). The molecule has 0 bridgehead atoms. The minimum atomic E-state index is 0.346. The van der Waals surface area contributed by atoms with Gasteiger partial charge in [-0.05, 0) is 31.9 Å². The summed E-state index contributed by atoms with van der Waals surface area (Å²) in [5.41, 5.74) is 7.12. The second-order valence-corrected chi connectivity index (χ2v) is 5.70. The molecular formula is C15H22N2S. The van der Waals surface area contributed by atoms with E-state index in [1.807, 2.05) is 0 Å². The molecule has 18 heavy (non-hydrogen) atoms. The predicted molar refractivity (Wildman–Crippen MR) is 80.6 cm³/mol. The molecule has 1 saturated heterocycles. The van der Waals surface area contributed by atoms with Crippen LogP contribution >= 0.6 is 12.2 Å². The van der Waals surface area contributed by atoms with Crippen molar-refractivity contribution in [1.82, 2.24) is 4.90 Å². The third kappa shape index (κ3) is 3.30. The number of thiocarbonyl (C=S) groups is 1. The van der Waals surface area contributed by atoms with Crippen LogP contribution in [0.25, 0.3) is 0 Å². The van der Waals surface area contributed by atoms with Gasteiger partial charge in [-0.25, -0.2) is 0 Å². The van der Waals surface area contributed by atoms with Crippen LogP contribution in [-0.4, -0.2) is 22.5 Å². The summed E-state index contributed by atoms with van der Waals surface area (Å²) in [5.74, 6) is 0. The van der Waals surface area contributed by atoms with Crippen LogP contribution in [0.4, 0.5) is 0 Å². The molecule has 0 amide bonds. The lowest BCUT2D eigenvalue weighted by molar-refractivity contribution is 0.108. The Balaban J connectivity index is 2.21. The Labute approximate surface area is 115 Å². The van der Waals surface area contributed by atoms with Crippen molar-refractivity contribution in [2.75, 3.05) is 6.54 Å². The SMILES string of the molecule is CC1CCCCN1C(CC(N)=S)c1ccccc1. The molecule has 98 valence electrons. The number of rotatable bonds is 4. The first-order chi connectivity index (χ1) is 8.68. The number of likely N-dealkylation sites (tertiary alicyclic amines) is 1. The van der Waals surface area contributed by atoms with Crippen molar-refractivity contribution in [3.63, 3.8) is 0 Å².